The third kappa shape index (κ3) is 4.36. The Hall–Kier alpha value is -1.49. The van der Waals surface area contributed by atoms with Crippen LogP contribution < -0.4 is 10.6 Å². The summed E-state index contributed by atoms with van der Waals surface area (Å²) < 4.78 is 0. The van der Waals surface area contributed by atoms with Crippen LogP contribution in [0.25, 0.3) is 0 Å². The van der Waals surface area contributed by atoms with Crippen LogP contribution in [-0.2, 0) is 9.59 Å². The first-order valence-corrected chi connectivity index (χ1v) is 15.7. The van der Waals surface area contributed by atoms with E-state index in [0.717, 1.165) is 30.4 Å². The van der Waals surface area contributed by atoms with Crippen molar-refractivity contribution in [2.24, 2.45) is 45.8 Å². The van der Waals surface area contributed by atoms with Crippen molar-refractivity contribution in [3.63, 3.8) is 0 Å². The van der Waals surface area contributed by atoms with Gasteiger partial charge in [0.05, 0.1) is 10.8 Å². The molecular formula is C32H48N2O2S. The summed E-state index contributed by atoms with van der Waals surface area (Å²) in [7, 11) is 0. The third-order valence-electron chi connectivity index (χ3n) is 11.6. The molecule has 0 bridgehead atoms. The van der Waals surface area contributed by atoms with Gasteiger partial charge in [-0.3, -0.25) is 9.59 Å². The molecule has 0 radical (unpaired) electrons. The summed E-state index contributed by atoms with van der Waals surface area (Å²) in [6, 6.07) is 0. The molecule has 4 aliphatic carbocycles. The molecule has 9 atom stereocenters. The number of nitrogens with one attached hydrogen (secondary N) is 2. The number of Topliss-reactive ketones (excluding diaryl/α,β-unsaturated/α-hetero) is 1. The Balaban J connectivity index is 1.43. The average molecular weight is 525 g/mol. The Kier molecular flexibility index (Phi) is 7.26. The van der Waals surface area contributed by atoms with Gasteiger partial charge in [-0.15, -0.1) is 11.8 Å². The molecule has 204 valence electrons. The van der Waals surface area contributed by atoms with E-state index < -0.39 is 5.41 Å². The second-order valence-corrected chi connectivity index (χ2v) is 15.4. The van der Waals surface area contributed by atoms with Crippen LogP contribution in [0.1, 0.15) is 92.9 Å². The summed E-state index contributed by atoms with van der Waals surface area (Å²) in [5.41, 5.74) is 1.12. The van der Waals surface area contributed by atoms with Crippen LogP contribution in [0.15, 0.2) is 36.2 Å². The van der Waals surface area contributed by atoms with Crippen LogP contribution in [-0.4, -0.2) is 22.3 Å². The van der Waals surface area contributed by atoms with Gasteiger partial charge in [0.1, 0.15) is 5.78 Å². The zero-order valence-electron chi connectivity index (χ0n) is 23.8. The van der Waals surface area contributed by atoms with Gasteiger partial charge in [-0.05, 0) is 104 Å². The van der Waals surface area contributed by atoms with Gasteiger partial charge in [0.25, 0.3) is 0 Å². The van der Waals surface area contributed by atoms with Crippen molar-refractivity contribution in [3.05, 3.63) is 36.2 Å². The summed E-state index contributed by atoms with van der Waals surface area (Å²) >= 11 is 1.95. The Morgan fingerprint density at radius 2 is 1.76 bits per heavy atom. The van der Waals surface area contributed by atoms with Crippen molar-refractivity contribution >= 4 is 23.5 Å². The van der Waals surface area contributed by atoms with E-state index in [0.29, 0.717) is 35.2 Å². The molecule has 5 aliphatic rings. The fraction of sp³-hybridized carbons (Fsp3) is 0.750. The van der Waals surface area contributed by atoms with Crippen molar-refractivity contribution in [2.75, 3.05) is 0 Å². The van der Waals surface area contributed by atoms with Gasteiger partial charge in [-0.1, -0.05) is 39.8 Å². The molecule has 5 heteroatoms. The van der Waals surface area contributed by atoms with Gasteiger partial charge in [-0.25, -0.2) is 0 Å². The van der Waals surface area contributed by atoms with Gasteiger partial charge in [0.15, 0.2) is 0 Å². The predicted molar refractivity (Wildman–Crippen MR) is 154 cm³/mol. The molecule has 0 saturated heterocycles. The van der Waals surface area contributed by atoms with Crippen molar-refractivity contribution in [2.45, 2.75) is 104 Å². The van der Waals surface area contributed by atoms with Crippen LogP contribution >= 0.6 is 11.8 Å². The predicted octanol–water partition coefficient (Wildman–Crippen LogP) is 6.99. The third-order valence-corrected chi connectivity index (χ3v) is 12.9. The van der Waals surface area contributed by atoms with Crippen LogP contribution in [0.5, 0.6) is 0 Å². The lowest BCUT2D eigenvalue weighted by Gasteiger charge is -2.64. The maximum absolute atomic E-state index is 13.6. The van der Waals surface area contributed by atoms with E-state index in [2.05, 4.69) is 57.4 Å². The second-order valence-electron chi connectivity index (χ2n) is 13.6. The smallest absolute Gasteiger partial charge is 0.217 e. The molecule has 1 heterocycles. The Morgan fingerprint density at radius 3 is 2.49 bits per heavy atom. The fourth-order valence-electron chi connectivity index (χ4n) is 9.98. The SMILES string of the molecule is CC(=O)NC(SC(C)C)C1CC[C@H]2[C@@H]3CC[C@H]4C(C)(C5=CC=CC=CN5)C(=O)CC[C@]4(C)[C@H]3CC[C@]12C. The Labute approximate surface area is 229 Å². The molecule has 3 unspecified atom stereocenters. The van der Waals surface area contributed by atoms with Crippen LogP contribution in [0.4, 0.5) is 0 Å². The van der Waals surface area contributed by atoms with E-state index in [1.807, 2.05) is 30.1 Å². The average Bonchev–Trinajstić information content (AvgIpc) is 2.99. The first-order chi connectivity index (χ1) is 17.5. The molecule has 37 heavy (non-hydrogen) atoms. The molecule has 4 fully saturated rings. The van der Waals surface area contributed by atoms with E-state index in [1.165, 1.54) is 32.1 Å². The maximum Gasteiger partial charge on any atom is 0.217 e. The number of allylic oxidation sites excluding steroid dienone is 5. The molecule has 0 aromatic rings. The lowest BCUT2D eigenvalue weighted by molar-refractivity contribution is -0.162. The van der Waals surface area contributed by atoms with Gasteiger partial charge in [-0.2, -0.15) is 0 Å². The standard InChI is InChI=1S/C32H48N2O2S/c1-20(2)37-29(34-21(3)35)25-13-12-23-22-11-14-26-31(5,24(22)15-17-30(23,25)4)18-16-28(36)32(26,6)27-10-8-7-9-19-33-27/h7-10,19-20,22-26,29,33H,11-18H2,1-6H3,(H,34,35)/t22-,23-,24-,25?,26+,29?,30-,31+,32?/m0/s1. The Morgan fingerprint density at radius 1 is 1.00 bits per heavy atom. The summed E-state index contributed by atoms with van der Waals surface area (Å²) in [4.78, 5) is 25.8. The quantitative estimate of drug-likeness (QED) is 0.381. The molecule has 5 rings (SSSR count). The van der Waals surface area contributed by atoms with E-state index in [4.69, 9.17) is 0 Å². The molecule has 1 amide bonds. The molecule has 0 aromatic carbocycles. The largest absolute Gasteiger partial charge is 0.364 e. The van der Waals surface area contributed by atoms with Crippen LogP contribution in [0, 0.1) is 45.8 Å². The van der Waals surface area contributed by atoms with Gasteiger partial charge in [0.2, 0.25) is 5.91 Å². The van der Waals surface area contributed by atoms with E-state index >= 15 is 0 Å². The van der Waals surface area contributed by atoms with Gasteiger partial charge >= 0.3 is 0 Å². The highest BCUT2D eigenvalue weighted by Crippen LogP contribution is 2.70. The summed E-state index contributed by atoms with van der Waals surface area (Å²) in [6.45, 7) is 13.5. The zero-order chi connectivity index (χ0) is 26.6. The first-order valence-electron chi connectivity index (χ1n) is 14.8. The van der Waals surface area contributed by atoms with Gasteiger partial charge < -0.3 is 10.6 Å². The zero-order valence-corrected chi connectivity index (χ0v) is 24.6. The lowest BCUT2D eigenvalue weighted by Crippen LogP contribution is -2.60. The van der Waals surface area contributed by atoms with Gasteiger partial charge in [0, 0.05) is 30.5 Å². The Bertz CT molecular complexity index is 1020. The second kappa shape index (κ2) is 9.92. The highest BCUT2D eigenvalue weighted by Gasteiger charge is 2.65. The van der Waals surface area contributed by atoms with Crippen molar-refractivity contribution in [3.8, 4) is 0 Å². The number of hydrogen-bond donors (Lipinski definition) is 2. The molecule has 0 spiro atoms. The summed E-state index contributed by atoms with van der Waals surface area (Å²) in [5, 5.41) is 7.56. The molecule has 4 nitrogen and oxygen atoms in total. The number of thioether (sulfide) groups is 1. The van der Waals surface area contributed by atoms with Crippen molar-refractivity contribution in [1.82, 2.24) is 10.6 Å². The molecule has 0 aromatic heterocycles. The minimum Gasteiger partial charge on any atom is -0.364 e. The maximum atomic E-state index is 13.6. The molecular weight excluding hydrogens is 476 g/mol. The van der Waals surface area contributed by atoms with Crippen molar-refractivity contribution < 1.29 is 9.59 Å². The normalized spacial score (nSPS) is 43.7. The number of carbonyl (C=O) groups excluding carboxylic acids is 2. The number of ketones is 1. The fourth-order valence-corrected chi connectivity index (χ4v) is 11.4. The number of carbonyl (C=O) groups is 2. The number of rotatable bonds is 5. The monoisotopic (exact) mass is 524 g/mol. The minimum atomic E-state index is -0.444. The lowest BCUT2D eigenvalue weighted by atomic mass is 9.40. The van der Waals surface area contributed by atoms with Crippen LogP contribution in [0.3, 0.4) is 0 Å². The number of amides is 1. The topological polar surface area (TPSA) is 58.2 Å². The van der Waals surface area contributed by atoms with E-state index in [1.54, 1.807) is 6.92 Å². The molecule has 2 N–H and O–H groups in total. The number of fused-ring (bicyclic) bond motifs is 5. The van der Waals surface area contributed by atoms with E-state index in [9.17, 15) is 9.59 Å². The highest BCUT2D eigenvalue weighted by molar-refractivity contribution is 8.00. The first kappa shape index (κ1) is 27.1. The molecule has 4 saturated carbocycles. The van der Waals surface area contributed by atoms with E-state index in [-0.39, 0.29) is 22.1 Å². The highest BCUT2D eigenvalue weighted by atomic mass is 32.2. The molecule has 1 aliphatic heterocycles. The minimum absolute atomic E-state index is 0.101. The van der Waals surface area contributed by atoms with Crippen LogP contribution in [0.2, 0.25) is 0 Å². The van der Waals surface area contributed by atoms with Crippen molar-refractivity contribution in [1.29, 1.82) is 0 Å². The number of hydrogen-bond acceptors (Lipinski definition) is 4. The summed E-state index contributed by atoms with van der Waals surface area (Å²) in [6.07, 6.45) is 19.4. The summed E-state index contributed by atoms with van der Waals surface area (Å²) in [5.74, 6) is 3.59.